The third-order valence-electron chi connectivity index (χ3n) is 9.35. The van der Waals surface area contributed by atoms with E-state index in [1.165, 1.54) is 72.6 Å². The molecule has 0 unspecified atom stereocenters. The van der Waals surface area contributed by atoms with Crippen LogP contribution in [0.25, 0.3) is 55.7 Å². The summed E-state index contributed by atoms with van der Waals surface area (Å²) < 4.78 is 0. The maximum absolute atomic E-state index is 5.13. The SMILES string of the molecule is Cc1c(-c2n[nH]c3ccc(-c4cncc(CC5CCCCC5)c4)nc23)[nH]c2cncc(-c3ccc4c(c3)CCC4)c12. The molecule has 6 aromatic rings. The number of fused-ring (bicyclic) bond motifs is 3. The number of aromatic amines is 2. The van der Waals surface area contributed by atoms with Gasteiger partial charge in [0, 0.05) is 35.1 Å². The highest BCUT2D eigenvalue weighted by atomic mass is 15.1. The van der Waals surface area contributed by atoms with Gasteiger partial charge < -0.3 is 4.98 Å². The van der Waals surface area contributed by atoms with E-state index in [2.05, 4.69) is 63.4 Å². The minimum Gasteiger partial charge on any atom is -0.352 e. The Bertz CT molecular complexity index is 1910. The molecule has 1 saturated carbocycles. The summed E-state index contributed by atoms with van der Waals surface area (Å²) in [5.41, 5.74) is 14.4. The number of aryl methyl sites for hydroxylation is 3. The summed E-state index contributed by atoms with van der Waals surface area (Å²) in [6.07, 6.45) is 19.3. The summed E-state index contributed by atoms with van der Waals surface area (Å²) >= 11 is 0. The second-order valence-corrected chi connectivity index (χ2v) is 12.0. The summed E-state index contributed by atoms with van der Waals surface area (Å²) in [5.74, 6) is 0.776. The van der Waals surface area contributed by atoms with Gasteiger partial charge in [0.25, 0.3) is 0 Å². The van der Waals surface area contributed by atoms with Crippen molar-refractivity contribution >= 4 is 21.9 Å². The van der Waals surface area contributed by atoms with Crippen molar-refractivity contribution in [2.24, 2.45) is 5.92 Å². The summed E-state index contributed by atoms with van der Waals surface area (Å²) in [6.45, 7) is 2.17. The van der Waals surface area contributed by atoms with E-state index in [-0.39, 0.29) is 0 Å². The molecule has 1 fully saturated rings. The highest BCUT2D eigenvalue weighted by Gasteiger charge is 2.21. The zero-order valence-corrected chi connectivity index (χ0v) is 23.5. The van der Waals surface area contributed by atoms with Gasteiger partial charge >= 0.3 is 0 Å². The topological polar surface area (TPSA) is 83.1 Å². The summed E-state index contributed by atoms with van der Waals surface area (Å²) in [4.78, 5) is 18.0. The minimum absolute atomic E-state index is 0.776. The predicted octanol–water partition coefficient (Wildman–Crippen LogP) is 8.15. The normalized spacial score (nSPS) is 15.6. The van der Waals surface area contributed by atoms with Crippen LogP contribution >= 0.6 is 0 Å². The van der Waals surface area contributed by atoms with Gasteiger partial charge in [-0.1, -0.05) is 50.3 Å². The third kappa shape index (κ3) is 4.33. The Labute approximate surface area is 239 Å². The molecule has 2 aliphatic rings. The number of pyridine rings is 3. The molecule has 5 aromatic heterocycles. The van der Waals surface area contributed by atoms with Gasteiger partial charge in [-0.05, 0) is 84.5 Å². The average molecular weight is 539 g/mol. The number of benzene rings is 1. The van der Waals surface area contributed by atoms with E-state index in [0.717, 1.165) is 69.1 Å². The molecule has 2 aliphatic carbocycles. The molecule has 0 radical (unpaired) electrons. The molecule has 41 heavy (non-hydrogen) atoms. The van der Waals surface area contributed by atoms with E-state index < -0.39 is 0 Å². The Hall–Kier alpha value is -4.32. The molecule has 0 aliphatic heterocycles. The first-order valence-electron chi connectivity index (χ1n) is 15.1. The molecule has 0 atom stereocenters. The van der Waals surface area contributed by atoms with E-state index in [1.807, 2.05) is 24.8 Å². The van der Waals surface area contributed by atoms with Crippen molar-refractivity contribution in [1.29, 1.82) is 0 Å². The van der Waals surface area contributed by atoms with Crippen LogP contribution in [-0.4, -0.2) is 30.1 Å². The van der Waals surface area contributed by atoms with Crippen molar-refractivity contribution in [2.75, 3.05) is 0 Å². The van der Waals surface area contributed by atoms with E-state index in [1.54, 1.807) is 0 Å². The lowest BCUT2D eigenvalue weighted by atomic mass is 9.85. The quantitative estimate of drug-likeness (QED) is 0.232. The van der Waals surface area contributed by atoms with E-state index >= 15 is 0 Å². The highest BCUT2D eigenvalue weighted by Crippen LogP contribution is 2.38. The molecule has 6 nitrogen and oxygen atoms in total. The van der Waals surface area contributed by atoms with Crippen LogP contribution in [0.4, 0.5) is 0 Å². The molecule has 0 bridgehead atoms. The molecule has 8 rings (SSSR count). The Morgan fingerprint density at radius 3 is 2.61 bits per heavy atom. The van der Waals surface area contributed by atoms with Crippen LogP contribution in [0.1, 0.15) is 60.8 Å². The smallest absolute Gasteiger partial charge is 0.135 e. The zero-order chi connectivity index (χ0) is 27.3. The van der Waals surface area contributed by atoms with Crippen LogP contribution in [0.5, 0.6) is 0 Å². The predicted molar refractivity (Wildman–Crippen MR) is 165 cm³/mol. The maximum atomic E-state index is 5.13. The standard InChI is InChI=1S/C35H34N6/c1-21-32-28(26-11-10-24-8-5-9-25(24)16-26)19-37-20-31(32)39-33(21)35-34-30(40-41-35)13-12-29(38-34)27-15-23(17-36-18-27)14-22-6-3-2-4-7-22/h10-13,15-20,22,39H,2-9,14H2,1H3,(H,40,41). The number of H-pyrrole nitrogens is 2. The van der Waals surface area contributed by atoms with Crippen LogP contribution in [0.15, 0.2) is 61.2 Å². The fraction of sp³-hybridized carbons (Fsp3) is 0.314. The fourth-order valence-corrected chi connectivity index (χ4v) is 7.21. The molecule has 0 spiro atoms. The van der Waals surface area contributed by atoms with Gasteiger partial charge in [-0.25, -0.2) is 4.98 Å². The van der Waals surface area contributed by atoms with Crippen LogP contribution in [-0.2, 0) is 19.3 Å². The molecular formula is C35H34N6. The van der Waals surface area contributed by atoms with Gasteiger partial charge in [-0.2, -0.15) is 5.10 Å². The van der Waals surface area contributed by atoms with Gasteiger partial charge in [0.1, 0.15) is 11.2 Å². The van der Waals surface area contributed by atoms with Crippen molar-refractivity contribution in [3.05, 3.63) is 83.4 Å². The van der Waals surface area contributed by atoms with E-state index in [9.17, 15) is 0 Å². The van der Waals surface area contributed by atoms with Crippen molar-refractivity contribution in [3.8, 4) is 33.8 Å². The monoisotopic (exact) mass is 538 g/mol. The Balaban J connectivity index is 1.18. The fourth-order valence-electron chi connectivity index (χ4n) is 7.21. The first-order chi connectivity index (χ1) is 20.2. The van der Waals surface area contributed by atoms with Crippen molar-refractivity contribution in [2.45, 2.75) is 64.7 Å². The highest BCUT2D eigenvalue weighted by molar-refractivity contribution is 6.03. The van der Waals surface area contributed by atoms with Crippen LogP contribution in [0, 0.1) is 12.8 Å². The molecule has 0 saturated heterocycles. The van der Waals surface area contributed by atoms with E-state index in [0.29, 0.717) is 0 Å². The molecular weight excluding hydrogens is 504 g/mol. The lowest BCUT2D eigenvalue weighted by Gasteiger charge is -2.21. The van der Waals surface area contributed by atoms with E-state index in [4.69, 9.17) is 10.1 Å². The number of hydrogen-bond donors (Lipinski definition) is 2. The molecule has 204 valence electrons. The average Bonchev–Trinajstić information content (AvgIpc) is 3.74. The molecule has 5 heterocycles. The first-order valence-corrected chi connectivity index (χ1v) is 15.1. The lowest BCUT2D eigenvalue weighted by Crippen LogP contribution is -2.09. The van der Waals surface area contributed by atoms with Gasteiger partial charge in [-0.15, -0.1) is 0 Å². The van der Waals surface area contributed by atoms with Gasteiger partial charge in [0.05, 0.1) is 28.6 Å². The second kappa shape index (κ2) is 9.95. The number of hydrogen-bond acceptors (Lipinski definition) is 4. The molecule has 1 aromatic carbocycles. The summed E-state index contributed by atoms with van der Waals surface area (Å²) in [7, 11) is 0. The van der Waals surface area contributed by atoms with Crippen molar-refractivity contribution in [1.82, 2.24) is 30.1 Å². The largest absolute Gasteiger partial charge is 0.352 e. The number of nitrogens with zero attached hydrogens (tertiary/aromatic N) is 4. The van der Waals surface area contributed by atoms with Gasteiger partial charge in [0.15, 0.2) is 0 Å². The minimum atomic E-state index is 0.776. The summed E-state index contributed by atoms with van der Waals surface area (Å²) in [5, 5.41) is 9.15. The number of aromatic nitrogens is 6. The van der Waals surface area contributed by atoms with Crippen molar-refractivity contribution in [3.63, 3.8) is 0 Å². The maximum Gasteiger partial charge on any atom is 0.135 e. The second-order valence-electron chi connectivity index (χ2n) is 12.0. The first kappa shape index (κ1) is 24.5. The van der Waals surface area contributed by atoms with Crippen LogP contribution < -0.4 is 0 Å². The summed E-state index contributed by atoms with van der Waals surface area (Å²) in [6, 6.07) is 13.3. The molecule has 2 N–H and O–H groups in total. The Kier molecular flexibility index (Phi) is 5.94. The molecule has 6 heteroatoms. The zero-order valence-electron chi connectivity index (χ0n) is 23.5. The molecule has 0 amide bonds. The van der Waals surface area contributed by atoms with Crippen LogP contribution in [0.2, 0.25) is 0 Å². The lowest BCUT2D eigenvalue weighted by molar-refractivity contribution is 0.356. The third-order valence-corrected chi connectivity index (χ3v) is 9.35. The van der Waals surface area contributed by atoms with Gasteiger partial charge in [-0.3, -0.25) is 15.1 Å². The number of nitrogens with one attached hydrogen (secondary N) is 2. The van der Waals surface area contributed by atoms with Crippen molar-refractivity contribution < 1.29 is 0 Å². The van der Waals surface area contributed by atoms with Crippen LogP contribution in [0.3, 0.4) is 0 Å². The Morgan fingerprint density at radius 2 is 1.68 bits per heavy atom. The number of rotatable bonds is 5. The van der Waals surface area contributed by atoms with Gasteiger partial charge in [0.2, 0.25) is 0 Å². The Morgan fingerprint density at radius 1 is 0.805 bits per heavy atom.